The zero-order valence-electron chi connectivity index (χ0n) is 9.76. The summed E-state index contributed by atoms with van der Waals surface area (Å²) in [5.41, 5.74) is 1.71. The van der Waals surface area contributed by atoms with E-state index in [2.05, 4.69) is 63.7 Å². The summed E-state index contributed by atoms with van der Waals surface area (Å²) in [4.78, 5) is 0. The fourth-order valence-corrected chi connectivity index (χ4v) is 2.71. The molecule has 0 aromatic heterocycles. The highest BCUT2D eigenvalue weighted by Crippen LogP contribution is 2.19. The molecule has 1 aromatic carbocycles. The Labute approximate surface area is 90.0 Å². The van der Waals surface area contributed by atoms with Crippen molar-refractivity contribution in [3.8, 4) is 0 Å². The quantitative estimate of drug-likeness (QED) is 0.665. The first-order valence-corrected chi connectivity index (χ1v) is 5.89. The Morgan fingerprint density at radius 2 is 1.64 bits per heavy atom. The van der Waals surface area contributed by atoms with Crippen LogP contribution in [0.15, 0.2) is 24.3 Å². The molecule has 14 heavy (non-hydrogen) atoms. The van der Waals surface area contributed by atoms with E-state index in [0.717, 1.165) is 9.68 Å². The van der Waals surface area contributed by atoms with Gasteiger partial charge in [-0.1, -0.05) is 45.0 Å². The summed E-state index contributed by atoms with van der Waals surface area (Å²) >= 11 is 0. The fraction of sp³-hybridized carbons (Fsp3) is 0.500. The van der Waals surface area contributed by atoms with Gasteiger partial charge in [0.05, 0.1) is 0 Å². The Kier molecular flexibility index (Phi) is 3.51. The molecule has 0 N–H and O–H groups in total. The average molecular weight is 205 g/mol. The second kappa shape index (κ2) is 4.28. The third kappa shape index (κ3) is 2.96. The molecule has 0 amide bonds. The topological polar surface area (TPSA) is 3.24 Å². The van der Waals surface area contributed by atoms with Crippen LogP contribution in [0.5, 0.6) is 0 Å². The molecule has 0 saturated carbocycles. The van der Waals surface area contributed by atoms with Gasteiger partial charge in [-0.15, -0.1) is 0 Å². The summed E-state index contributed by atoms with van der Waals surface area (Å²) in [5.74, 6) is 0. The fourth-order valence-electron chi connectivity index (χ4n) is 1.48. The zero-order valence-corrected chi connectivity index (χ0v) is 10.8. The first-order valence-electron chi connectivity index (χ1n) is 4.95. The summed E-state index contributed by atoms with van der Waals surface area (Å²) < 4.78 is 2.24. The van der Waals surface area contributed by atoms with Crippen LogP contribution in [0.1, 0.15) is 26.3 Å². The van der Waals surface area contributed by atoms with Gasteiger partial charge in [0.15, 0.2) is 9.68 Å². The second-order valence-electron chi connectivity index (χ2n) is 4.80. The minimum atomic E-state index is 0.250. The Morgan fingerprint density at radius 3 is 2.14 bits per heavy atom. The third-order valence-electron chi connectivity index (χ3n) is 2.08. The summed E-state index contributed by atoms with van der Waals surface area (Å²) in [6.07, 6.45) is 0. The van der Waals surface area contributed by atoms with Crippen molar-refractivity contribution in [2.75, 3.05) is 14.1 Å². The van der Waals surface area contributed by atoms with Gasteiger partial charge in [-0.25, -0.2) is 0 Å². The molecule has 1 nitrogen and oxygen atoms in total. The highest BCUT2D eigenvalue weighted by Gasteiger charge is 2.17. The lowest BCUT2D eigenvalue weighted by atomic mass is 9.87. The van der Waals surface area contributed by atoms with Gasteiger partial charge in [-0.05, 0) is 30.3 Å². The molecule has 0 fully saturated rings. The van der Waals surface area contributed by atoms with Gasteiger partial charge in [0.2, 0.25) is 0 Å². The van der Waals surface area contributed by atoms with Crippen molar-refractivity contribution < 1.29 is 0 Å². The predicted molar refractivity (Wildman–Crippen MR) is 64.2 cm³/mol. The van der Waals surface area contributed by atoms with E-state index in [1.807, 2.05) is 0 Å². The Morgan fingerprint density at radius 1 is 1.07 bits per heavy atom. The van der Waals surface area contributed by atoms with E-state index in [4.69, 9.17) is 0 Å². The standard InChI is InChI=1S/C12H19NSi/c1-12(2,3)10-8-6-7-9-11(10)14-13(4)5/h6-9H,1-5H3. The van der Waals surface area contributed by atoms with E-state index < -0.39 is 0 Å². The molecular weight excluding hydrogens is 186 g/mol. The predicted octanol–water partition coefficient (Wildman–Crippen LogP) is 1.79. The average Bonchev–Trinajstić information content (AvgIpc) is 2.01. The summed E-state index contributed by atoms with van der Waals surface area (Å²) in [7, 11) is 5.01. The molecule has 0 spiro atoms. The first kappa shape index (κ1) is 11.5. The molecule has 0 aliphatic carbocycles. The molecule has 0 saturated heterocycles. The van der Waals surface area contributed by atoms with E-state index in [-0.39, 0.29) is 5.41 Å². The summed E-state index contributed by atoms with van der Waals surface area (Å²) in [6, 6.07) is 8.73. The van der Waals surface area contributed by atoms with Gasteiger partial charge in [-0.2, -0.15) is 0 Å². The molecule has 0 aliphatic heterocycles. The maximum Gasteiger partial charge on any atom is 0.182 e. The van der Waals surface area contributed by atoms with Crippen molar-refractivity contribution >= 4 is 14.9 Å². The number of rotatable bonds is 2. The molecule has 2 heteroatoms. The molecule has 1 aromatic rings. The smallest absolute Gasteiger partial charge is 0.182 e. The number of benzene rings is 1. The molecule has 0 atom stereocenters. The lowest BCUT2D eigenvalue weighted by Crippen LogP contribution is -2.35. The lowest BCUT2D eigenvalue weighted by molar-refractivity contribution is 0.592. The van der Waals surface area contributed by atoms with Gasteiger partial charge in [-0.3, -0.25) is 0 Å². The lowest BCUT2D eigenvalue weighted by Gasteiger charge is -2.23. The number of hydrogen-bond acceptors (Lipinski definition) is 1. The van der Waals surface area contributed by atoms with Crippen molar-refractivity contribution in [1.29, 1.82) is 0 Å². The Bertz CT molecular complexity index is 299. The number of hydrogen-bond donors (Lipinski definition) is 0. The highest BCUT2D eigenvalue weighted by atomic mass is 28.2. The van der Waals surface area contributed by atoms with Gasteiger partial charge in [0, 0.05) is 0 Å². The van der Waals surface area contributed by atoms with E-state index in [9.17, 15) is 0 Å². The number of nitrogens with zero attached hydrogens (tertiary/aromatic N) is 1. The van der Waals surface area contributed by atoms with Crippen LogP contribution in [0.3, 0.4) is 0 Å². The van der Waals surface area contributed by atoms with Crippen molar-refractivity contribution in [2.24, 2.45) is 0 Å². The normalized spacial score (nSPS) is 12.1. The second-order valence-corrected chi connectivity index (χ2v) is 6.46. The molecule has 0 heterocycles. The maximum atomic E-state index is 2.27. The minimum absolute atomic E-state index is 0.250. The zero-order chi connectivity index (χ0) is 10.8. The van der Waals surface area contributed by atoms with E-state index in [0.29, 0.717) is 0 Å². The van der Waals surface area contributed by atoms with Crippen molar-refractivity contribution in [1.82, 2.24) is 4.57 Å². The largest absolute Gasteiger partial charge is 0.327 e. The maximum absolute atomic E-state index is 2.27. The van der Waals surface area contributed by atoms with Crippen LogP contribution in [0.4, 0.5) is 0 Å². The third-order valence-corrected chi connectivity index (χ3v) is 3.20. The van der Waals surface area contributed by atoms with Gasteiger partial charge in [0.1, 0.15) is 0 Å². The van der Waals surface area contributed by atoms with Crippen LogP contribution >= 0.6 is 0 Å². The van der Waals surface area contributed by atoms with E-state index in [1.165, 1.54) is 10.8 Å². The summed E-state index contributed by atoms with van der Waals surface area (Å²) in [6.45, 7) is 6.81. The van der Waals surface area contributed by atoms with Crippen LogP contribution in [-0.4, -0.2) is 28.3 Å². The molecule has 0 unspecified atom stereocenters. The van der Waals surface area contributed by atoms with Crippen LogP contribution in [0.2, 0.25) is 0 Å². The Balaban J connectivity index is 3.04. The van der Waals surface area contributed by atoms with Crippen molar-refractivity contribution in [3.63, 3.8) is 0 Å². The first-order chi connectivity index (χ1) is 6.41. The van der Waals surface area contributed by atoms with Crippen LogP contribution < -0.4 is 5.19 Å². The molecule has 0 bridgehead atoms. The van der Waals surface area contributed by atoms with Crippen molar-refractivity contribution in [3.05, 3.63) is 29.8 Å². The summed E-state index contributed by atoms with van der Waals surface area (Å²) in [5, 5.41) is 1.46. The van der Waals surface area contributed by atoms with Crippen LogP contribution in [0.25, 0.3) is 0 Å². The molecule has 2 radical (unpaired) electrons. The SMILES string of the molecule is CN(C)[Si]c1ccccc1C(C)(C)C. The molecule has 0 aliphatic rings. The van der Waals surface area contributed by atoms with E-state index >= 15 is 0 Å². The molecule has 1 rings (SSSR count). The monoisotopic (exact) mass is 205 g/mol. The van der Waals surface area contributed by atoms with Gasteiger partial charge >= 0.3 is 0 Å². The Hall–Kier alpha value is -0.603. The molecular formula is C12H19NSi. The van der Waals surface area contributed by atoms with Gasteiger partial charge < -0.3 is 4.57 Å². The van der Waals surface area contributed by atoms with E-state index in [1.54, 1.807) is 0 Å². The van der Waals surface area contributed by atoms with Gasteiger partial charge in [0.25, 0.3) is 0 Å². The van der Waals surface area contributed by atoms with Crippen LogP contribution in [-0.2, 0) is 5.41 Å². The molecule has 76 valence electrons. The highest BCUT2D eigenvalue weighted by molar-refractivity contribution is 6.51. The van der Waals surface area contributed by atoms with Crippen molar-refractivity contribution in [2.45, 2.75) is 26.2 Å². The minimum Gasteiger partial charge on any atom is -0.327 e. The van der Waals surface area contributed by atoms with Crippen LogP contribution in [0, 0.1) is 0 Å².